The van der Waals surface area contributed by atoms with Crippen LogP contribution >= 0.6 is 0 Å². The van der Waals surface area contributed by atoms with Crippen LogP contribution in [0.5, 0.6) is 0 Å². The molecule has 1 aliphatic carbocycles. The molecule has 2 aliphatic rings. The predicted octanol–water partition coefficient (Wildman–Crippen LogP) is 2.73. The zero-order valence-electron chi connectivity index (χ0n) is 14.7. The summed E-state index contributed by atoms with van der Waals surface area (Å²) < 4.78 is 5.70. The van der Waals surface area contributed by atoms with E-state index >= 15 is 0 Å². The first-order chi connectivity index (χ1) is 10.7. The van der Waals surface area contributed by atoms with E-state index < -0.39 is 0 Å². The van der Waals surface area contributed by atoms with Crippen molar-refractivity contribution in [3.63, 3.8) is 0 Å². The third kappa shape index (κ3) is 2.94. The molecule has 0 spiro atoms. The fraction of sp³-hybridized carbons (Fsp3) is 0.667. The summed E-state index contributed by atoms with van der Waals surface area (Å²) in [5, 5.41) is 0. The number of nitrogens with one attached hydrogen (secondary N) is 1. The summed E-state index contributed by atoms with van der Waals surface area (Å²) in [5.41, 5.74) is 2.98. The van der Waals surface area contributed by atoms with Gasteiger partial charge in [0.15, 0.2) is 5.78 Å². The summed E-state index contributed by atoms with van der Waals surface area (Å²) in [6.07, 6.45) is 1.41. The van der Waals surface area contributed by atoms with Crippen LogP contribution in [0.4, 0.5) is 0 Å². The highest BCUT2D eigenvalue weighted by molar-refractivity contribution is 6.04. The molecule has 1 aromatic heterocycles. The normalized spacial score (nSPS) is 27.0. The maximum Gasteiger partial charge on any atom is 0.270 e. The van der Waals surface area contributed by atoms with Crippen LogP contribution in [0.1, 0.15) is 66.2 Å². The maximum atomic E-state index is 12.9. The number of hydrogen-bond acceptors (Lipinski definition) is 3. The molecule has 5 heteroatoms. The van der Waals surface area contributed by atoms with Gasteiger partial charge in [-0.15, -0.1) is 0 Å². The van der Waals surface area contributed by atoms with Gasteiger partial charge in [-0.05, 0) is 38.2 Å². The third-order valence-corrected chi connectivity index (χ3v) is 4.82. The minimum Gasteiger partial charge on any atom is -0.372 e. The van der Waals surface area contributed by atoms with Crippen molar-refractivity contribution < 1.29 is 14.3 Å². The standard InChI is InChI=1S/C18H26N2O3/c1-10-8-20(9-11(2)23-10)17(22)16-12(3)15-13(19-16)6-18(4,5)7-14(15)21/h10-11,19H,6-9H2,1-5H3. The van der Waals surface area contributed by atoms with Gasteiger partial charge in [-0.3, -0.25) is 9.59 Å². The Kier molecular flexibility index (Phi) is 3.87. The van der Waals surface area contributed by atoms with E-state index in [1.165, 1.54) is 0 Å². The molecule has 1 saturated heterocycles. The summed E-state index contributed by atoms with van der Waals surface area (Å²) in [5.74, 6) is 0.122. The van der Waals surface area contributed by atoms with Gasteiger partial charge in [0.05, 0.1) is 12.2 Å². The summed E-state index contributed by atoms with van der Waals surface area (Å²) in [7, 11) is 0. The number of morpholine rings is 1. The molecule has 0 saturated carbocycles. The number of ketones is 1. The summed E-state index contributed by atoms with van der Waals surface area (Å²) in [6, 6.07) is 0. The topological polar surface area (TPSA) is 62.4 Å². The molecule has 2 atom stereocenters. The van der Waals surface area contributed by atoms with Gasteiger partial charge in [0.2, 0.25) is 0 Å². The number of fused-ring (bicyclic) bond motifs is 1. The van der Waals surface area contributed by atoms with Gasteiger partial charge in [0.25, 0.3) is 5.91 Å². The average Bonchev–Trinajstić information content (AvgIpc) is 2.72. The van der Waals surface area contributed by atoms with E-state index in [0.29, 0.717) is 25.2 Å². The Morgan fingerprint density at radius 1 is 1.22 bits per heavy atom. The number of amides is 1. The molecule has 5 nitrogen and oxygen atoms in total. The van der Waals surface area contributed by atoms with Crippen molar-refractivity contribution in [2.75, 3.05) is 13.1 Å². The van der Waals surface area contributed by atoms with Crippen LogP contribution in [0.15, 0.2) is 0 Å². The highest BCUT2D eigenvalue weighted by Gasteiger charge is 2.36. The van der Waals surface area contributed by atoms with Gasteiger partial charge >= 0.3 is 0 Å². The minimum absolute atomic E-state index is 0.0236. The Balaban J connectivity index is 1.93. The van der Waals surface area contributed by atoms with Crippen molar-refractivity contribution in [1.82, 2.24) is 9.88 Å². The van der Waals surface area contributed by atoms with Gasteiger partial charge in [0, 0.05) is 30.8 Å². The van der Waals surface area contributed by atoms with Crippen LogP contribution in [-0.4, -0.2) is 46.9 Å². The number of carbonyl (C=O) groups excluding carboxylic acids is 2. The summed E-state index contributed by atoms with van der Waals surface area (Å²) in [4.78, 5) is 30.5. The molecule has 3 rings (SSSR count). The van der Waals surface area contributed by atoms with E-state index in [4.69, 9.17) is 4.74 Å². The van der Waals surface area contributed by atoms with Crippen molar-refractivity contribution in [3.8, 4) is 0 Å². The number of rotatable bonds is 1. The van der Waals surface area contributed by atoms with E-state index in [0.717, 1.165) is 23.2 Å². The molecule has 0 radical (unpaired) electrons. The first-order valence-corrected chi connectivity index (χ1v) is 8.37. The number of Topliss-reactive ketones (excluding diaryl/α,β-unsaturated/α-hetero) is 1. The number of hydrogen-bond donors (Lipinski definition) is 1. The smallest absolute Gasteiger partial charge is 0.270 e. The molecular formula is C18H26N2O3. The summed E-state index contributed by atoms with van der Waals surface area (Å²) >= 11 is 0. The molecule has 1 aliphatic heterocycles. The first kappa shape index (κ1) is 16.2. The van der Waals surface area contributed by atoms with Gasteiger partial charge in [-0.25, -0.2) is 0 Å². The molecule has 2 heterocycles. The number of carbonyl (C=O) groups is 2. The van der Waals surface area contributed by atoms with Crippen LogP contribution in [0.2, 0.25) is 0 Å². The Morgan fingerprint density at radius 2 is 1.83 bits per heavy atom. The Morgan fingerprint density at radius 3 is 2.43 bits per heavy atom. The highest BCUT2D eigenvalue weighted by atomic mass is 16.5. The summed E-state index contributed by atoms with van der Waals surface area (Å²) in [6.45, 7) is 11.2. The quantitative estimate of drug-likeness (QED) is 0.866. The lowest BCUT2D eigenvalue weighted by atomic mass is 9.75. The van der Waals surface area contributed by atoms with E-state index in [9.17, 15) is 9.59 Å². The zero-order chi connectivity index (χ0) is 16.9. The van der Waals surface area contributed by atoms with E-state index in [1.54, 1.807) is 0 Å². The number of H-pyrrole nitrogens is 1. The van der Waals surface area contributed by atoms with Gasteiger partial charge in [0.1, 0.15) is 5.69 Å². The second-order valence-corrected chi connectivity index (χ2v) is 7.89. The molecule has 1 amide bonds. The largest absolute Gasteiger partial charge is 0.372 e. The van der Waals surface area contributed by atoms with Crippen LogP contribution in [0.3, 0.4) is 0 Å². The van der Waals surface area contributed by atoms with Gasteiger partial charge < -0.3 is 14.6 Å². The first-order valence-electron chi connectivity index (χ1n) is 8.37. The lowest BCUT2D eigenvalue weighted by Crippen LogP contribution is -2.48. The molecular weight excluding hydrogens is 292 g/mol. The molecule has 126 valence electrons. The molecule has 1 N–H and O–H groups in total. The second-order valence-electron chi connectivity index (χ2n) is 7.89. The van der Waals surface area contributed by atoms with Crippen molar-refractivity contribution in [2.45, 2.75) is 59.7 Å². The Bertz CT molecular complexity index is 649. The van der Waals surface area contributed by atoms with Gasteiger partial charge in [-0.2, -0.15) is 0 Å². The maximum absolute atomic E-state index is 12.9. The molecule has 1 fully saturated rings. The molecule has 23 heavy (non-hydrogen) atoms. The predicted molar refractivity (Wildman–Crippen MR) is 87.9 cm³/mol. The van der Waals surface area contributed by atoms with Crippen LogP contribution in [0.25, 0.3) is 0 Å². The van der Waals surface area contributed by atoms with Crippen LogP contribution < -0.4 is 0 Å². The van der Waals surface area contributed by atoms with Crippen molar-refractivity contribution >= 4 is 11.7 Å². The SMILES string of the molecule is Cc1c(C(=O)N2CC(C)OC(C)C2)[nH]c2c1C(=O)CC(C)(C)C2. The fourth-order valence-electron chi connectivity index (χ4n) is 3.95. The van der Waals surface area contributed by atoms with Crippen LogP contribution in [-0.2, 0) is 11.2 Å². The highest BCUT2D eigenvalue weighted by Crippen LogP contribution is 2.37. The number of nitrogens with zero attached hydrogens (tertiary/aromatic N) is 1. The lowest BCUT2D eigenvalue weighted by Gasteiger charge is -2.35. The van der Waals surface area contributed by atoms with E-state index in [1.807, 2.05) is 25.7 Å². The van der Waals surface area contributed by atoms with Crippen molar-refractivity contribution in [3.05, 3.63) is 22.5 Å². The minimum atomic E-state index is -0.0519. The Labute approximate surface area is 137 Å². The van der Waals surface area contributed by atoms with Crippen molar-refractivity contribution in [1.29, 1.82) is 0 Å². The average molecular weight is 318 g/mol. The molecule has 2 unspecified atom stereocenters. The molecule has 0 aromatic carbocycles. The number of aromatic amines is 1. The third-order valence-electron chi connectivity index (χ3n) is 4.82. The molecule has 1 aromatic rings. The number of aromatic nitrogens is 1. The van der Waals surface area contributed by atoms with Crippen LogP contribution in [0, 0.1) is 12.3 Å². The number of ether oxygens (including phenoxy) is 1. The van der Waals surface area contributed by atoms with Gasteiger partial charge in [-0.1, -0.05) is 13.8 Å². The molecule has 0 bridgehead atoms. The fourth-order valence-corrected chi connectivity index (χ4v) is 3.95. The second kappa shape index (κ2) is 5.48. The zero-order valence-corrected chi connectivity index (χ0v) is 14.7. The monoisotopic (exact) mass is 318 g/mol. The van der Waals surface area contributed by atoms with E-state index in [-0.39, 0.29) is 29.3 Å². The van der Waals surface area contributed by atoms with E-state index in [2.05, 4.69) is 18.8 Å². The Hall–Kier alpha value is -1.62. The van der Waals surface area contributed by atoms with Crippen molar-refractivity contribution in [2.24, 2.45) is 5.41 Å². The lowest BCUT2D eigenvalue weighted by molar-refractivity contribution is -0.0587.